The van der Waals surface area contributed by atoms with E-state index in [2.05, 4.69) is 10.3 Å². The maximum Gasteiger partial charge on any atom is 0.305 e. The van der Waals surface area contributed by atoms with E-state index in [1.807, 2.05) is 28.9 Å². The van der Waals surface area contributed by atoms with Crippen molar-refractivity contribution in [3.63, 3.8) is 0 Å². The van der Waals surface area contributed by atoms with Gasteiger partial charge in [-0.25, -0.2) is 4.98 Å². The van der Waals surface area contributed by atoms with Gasteiger partial charge in [0.05, 0.1) is 12.1 Å². The van der Waals surface area contributed by atoms with Gasteiger partial charge in [-0.15, -0.1) is 0 Å². The molecule has 3 aromatic rings. The number of carboxylic acid groups (broad SMARTS) is 1. The van der Waals surface area contributed by atoms with Crippen LogP contribution in [0.25, 0.3) is 16.9 Å². The van der Waals surface area contributed by atoms with Gasteiger partial charge in [0.15, 0.2) is 0 Å². The summed E-state index contributed by atoms with van der Waals surface area (Å²) in [6.07, 6.45) is 3.64. The summed E-state index contributed by atoms with van der Waals surface area (Å²) in [5, 5.41) is 18.9. The van der Waals surface area contributed by atoms with Gasteiger partial charge in [-0.3, -0.25) is 9.59 Å². The van der Waals surface area contributed by atoms with Crippen LogP contribution in [0, 0.1) is 5.41 Å². The van der Waals surface area contributed by atoms with Gasteiger partial charge in [0.25, 0.3) is 5.91 Å². The monoisotopic (exact) mass is 350 g/mol. The molecule has 0 fully saturated rings. The summed E-state index contributed by atoms with van der Waals surface area (Å²) < 4.78 is 1.88. The Labute approximate surface area is 149 Å². The van der Waals surface area contributed by atoms with Crippen LogP contribution in [-0.2, 0) is 4.79 Å². The number of fused-ring (bicyclic) bond motifs is 1. The quantitative estimate of drug-likeness (QED) is 0.594. The standard InChI is InChI=1S/C19H18N4O3/c1-12(20)15-7-9-23-11-16(22-17(23)10-15)13-2-4-14(5-3-13)19(26)21-8-6-18(24)25/h2-5,7,9-11,20H,6,8H2,1H3,(H,21,26)(H,24,25). The topological polar surface area (TPSA) is 108 Å². The zero-order valence-electron chi connectivity index (χ0n) is 14.2. The van der Waals surface area contributed by atoms with Crippen LogP contribution in [0.2, 0.25) is 0 Å². The molecule has 7 nitrogen and oxygen atoms in total. The summed E-state index contributed by atoms with van der Waals surface area (Å²) in [6.45, 7) is 1.83. The number of rotatable bonds is 6. The Morgan fingerprint density at radius 1 is 1.19 bits per heavy atom. The number of carbonyl (C=O) groups is 2. The lowest BCUT2D eigenvalue weighted by atomic mass is 10.1. The molecule has 0 aliphatic heterocycles. The molecular formula is C19H18N4O3. The number of benzene rings is 1. The molecule has 132 valence electrons. The van der Waals surface area contributed by atoms with E-state index in [-0.39, 0.29) is 18.9 Å². The normalized spacial score (nSPS) is 10.7. The first-order valence-electron chi connectivity index (χ1n) is 8.09. The molecule has 0 radical (unpaired) electrons. The number of nitrogens with one attached hydrogen (secondary N) is 2. The molecule has 26 heavy (non-hydrogen) atoms. The predicted molar refractivity (Wildman–Crippen MR) is 97.7 cm³/mol. The average Bonchev–Trinajstić information content (AvgIpc) is 3.04. The van der Waals surface area contributed by atoms with E-state index >= 15 is 0 Å². The molecule has 0 unspecified atom stereocenters. The van der Waals surface area contributed by atoms with Crippen molar-refractivity contribution in [3.8, 4) is 11.3 Å². The van der Waals surface area contributed by atoms with Crippen LogP contribution in [0.4, 0.5) is 0 Å². The van der Waals surface area contributed by atoms with Crippen LogP contribution < -0.4 is 5.32 Å². The summed E-state index contributed by atoms with van der Waals surface area (Å²) in [4.78, 5) is 27.0. The number of hydrogen-bond donors (Lipinski definition) is 3. The molecule has 2 heterocycles. The van der Waals surface area contributed by atoms with Crippen LogP contribution >= 0.6 is 0 Å². The lowest BCUT2D eigenvalue weighted by molar-refractivity contribution is -0.136. The third-order valence-corrected chi connectivity index (χ3v) is 3.96. The molecule has 0 atom stereocenters. The van der Waals surface area contributed by atoms with Crippen molar-refractivity contribution in [1.82, 2.24) is 14.7 Å². The highest BCUT2D eigenvalue weighted by molar-refractivity contribution is 5.97. The molecule has 0 saturated heterocycles. The van der Waals surface area contributed by atoms with Crippen LogP contribution in [0.5, 0.6) is 0 Å². The number of hydrogen-bond acceptors (Lipinski definition) is 4. The number of nitrogens with zero attached hydrogens (tertiary/aromatic N) is 2. The molecule has 3 N–H and O–H groups in total. The van der Waals surface area contributed by atoms with Crippen molar-refractivity contribution in [2.75, 3.05) is 6.54 Å². The number of aliphatic carboxylic acids is 1. The van der Waals surface area contributed by atoms with Gasteiger partial charge in [0.2, 0.25) is 0 Å². The van der Waals surface area contributed by atoms with E-state index in [1.165, 1.54) is 0 Å². The molecule has 1 aromatic carbocycles. The van der Waals surface area contributed by atoms with Gasteiger partial charge in [-0.1, -0.05) is 12.1 Å². The maximum atomic E-state index is 12.0. The fourth-order valence-electron chi connectivity index (χ4n) is 2.53. The fraction of sp³-hybridized carbons (Fsp3) is 0.158. The van der Waals surface area contributed by atoms with E-state index in [1.54, 1.807) is 31.2 Å². The van der Waals surface area contributed by atoms with Crippen molar-refractivity contribution in [2.45, 2.75) is 13.3 Å². The highest BCUT2D eigenvalue weighted by Crippen LogP contribution is 2.20. The summed E-state index contributed by atoms with van der Waals surface area (Å²) in [6, 6.07) is 10.7. The zero-order valence-corrected chi connectivity index (χ0v) is 14.2. The largest absolute Gasteiger partial charge is 0.481 e. The molecule has 1 amide bonds. The Morgan fingerprint density at radius 3 is 2.58 bits per heavy atom. The Balaban J connectivity index is 1.77. The van der Waals surface area contributed by atoms with Crippen LogP contribution in [0.15, 0.2) is 48.8 Å². The van der Waals surface area contributed by atoms with Crippen molar-refractivity contribution >= 4 is 23.2 Å². The number of carbonyl (C=O) groups excluding carboxylic acids is 1. The third-order valence-electron chi connectivity index (χ3n) is 3.96. The summed E-state index contributed by atoms with van der Waals surface area (Å²) in [5.41, 5.74) is 4.15. The molecule has 0 aliphatic carbocycles. The van der Waals surface area contributed by atoms with Crippen molar-refractivity contribution in [3.05, 3.63) is 59.9 Å². The first kappa shape index (κ1) is 17.3. The highest BCUT2D eigenvalue weighted by atomic mass is 16.4. The molecular weight excluding hydrogens is 332 g/mol. The minimum atomic E-state index is -0.950. The molecule has 0 bridgehead atoms. The number of amides is 1. The first-order chi connectivity index (χ1) is 12.4. The van der Waals surface area contributed by atoms with E-state index in [0.29, 0.717) is 11.3 Å². The van der Waals surface area contributed by atoms with Gasteiger partial charge in [-0.2, -0.15) is 0 Å². The Hall–Kier alpha value is -3.48. The molecule has 0 saturated carbocycles. The summed E-state index contributed by atoms with van der Waals surface area (Å²) in [7, 11) is 0. The van der Waals surface area contributed by atoms with Gasteiger partial charge in [0.1, 0.15) is 5.65 Å². The second kappa shape index (κ2) is 7.18. The minimum absolute atomic E-state index is 0.0944. The van der Waals surface area contributed by atoms with E-state index in [9.17, 15) is 9.59 Å². The molecule has 7 heteroatoms. The Kier molecular flexibility index (Phi) is 4.79. The second-order valence-electron chi connectivity index (χ2n) is 5.91. The zero-order chi connectivity index (χ0) is 18.7. The third kappa shape index (κ3) is 3.77. The SMILES string of the molecule is CC(=N)c1ccn2cc(-c3ccc(C(=O)NCCC(=O)O)cc3)nc2c1. The minimum Gasteiger partial charge on any atom is -0.481 e. The predicted octanol–water partition coefficient (Wildman–Crippen LogP) is 2.59. The van der Waals surface area contributed by atoms with Gasteiger partial charge in [-0.05, 0) is 31.2 Å². The molecule has 3 rings (SSSR count). The number of pyridine rings is 1. The maximum absolute atomic E-state index is 12.0. The van der Waals surface area contributed by atoms with Crippen molar-refractivity contribution in [1.29, 1.82) is 5.41 Å². The van der Waals surface area contributed by atoms with Crippen LogP contribution in [0.1, 0.15) is 29.3 Å². The van der Waals surface area contributed by atoms with E-state index in [0.717, 1.165) is 22.5 Å². The lowest BCUT2D eigenvalue weighted by Gasteiger charge is -2.04. The number of aromatic nitrogens is 2. The number of carboxylic acids is 1. The average molecular weight is 350 g/mol. The van der Waals surface area contributed by atoms with Gasteiger partial charge >= 0.3 is 5.97 Å². The Morgan fingerprint density at radius 2 is 1.92 bits per heavy atom. The summed E-state index contributed by atoms with van der Waals surface area (Å²) in [5.74, 6) is -1.26. The molecule has 0 aliphatic rings. The van der Waals surface area contributed by atoms with E-state index in [4.69, 9.17) is 10.5 Å². The highest BCUT2D eigenvalue weighted by Gasteiger charge is 2.09. The first-order valence-corrected chi connectivity index (χ1v) is 8.09. The van der Waals surface area contributed by atoms with Crippen LogP contribution in [0.3, 0.4) is 0 Å². The van der Waals surface area contributed by atoms with Crippen molar-refractivity contribution < 1.29 is 14.7 Å². The smallest absolute Gasteiger partial charge is 0.305 e. The van der Waals surface area contributed by atoms with Gasteiger partial charge < -0.3 is 20.2 Å². The lowest BCUT2D eigenvalue weighted by Crippen LogP contribution is -2.25. The van der Waals surface area contributed by atoms with Gasteiger partial charge in [0, 0.05) is 41.3 Å². The molecule has 0 spiro atoms. The van der Waals surface area contributed by atoms with Crippen molar-refractivity contribution in [2.24, 2.45) is 0 Å². The Bertz CT molecular complexity index is 990. The second-order valence-corrected chi connectivity index (χ2v) is 5.91. The van der Waals surface area contributed by atoms with Crippen LogP contribution in [-0.4, -0.2) is 38.6 Å². The number of imidazole rings is 1. The fourth-order valence-corrected chi connectivity index (χ4v) is 2.53. The van der Waals surface area contributed by atoms with E-state index < -0.39 is 5.97 Å². The summed E-state index contributed by atoms with van der Waals surface area (Å²) >= 11 is 0. The molecule has 2 aromatic heterocycles.